The molecule has 2 rings (SSSR count). The van der Waals surface area contributed by atoms with Gasteiger partial charge in [-0.15, -0.1) is 6.58 Å². The molecule has 3 nitrogen and oxygen atoms in total. The molecule has 0 bridgehead atoms. The van der Waals surface area contributed by atoms with Gasteiger partial charge in [0.2, 0.25) is 0 Å². The SMILES string of the molecule is C=CCc1cccc2nc(C(C)C(=O)O)ccc12. The molecule has 0 spiro atoms. The van der Waals surface area contributed by atoms with Crippen molar-refractivity contribution in [1.29, 1.82) is 0 Å². The number of hydrogen-bond donors (Lipinski definition) is 1. The summed E-state index contributed by atoms with van der Waals surface area (Å²) in [4.78, 5) is 15.4. The van der Waals surface area contributed by atoms with Crippen molar-refractivity contribution >= 4 is 16.9 Å². The predicted octanol–water partition coefficient (Wildman–Crippen LogP) is 3.15. The molecule has 1 aromatic carbocycles. The van der Waals surface area contributed by atoms with Crippen LogP contribution in [0.3, 0.4) is 0 Å². The molecule has 2 aromatic rings. The molecule has 92 valence electrons. The first-order valence-electron chi connectivity index (χ1n) is 5.85. The zero-order valence-electron chi connectivity index (χ0n) is 10.3. The van der Waals surface area contributed by atoms with Crippen LogP contribution in [-0.4, -0.2) is 16.1 Å². The van der Waals surface area contributed by atoms with Crippen LogP contribution in [-0.2, 0) is 11.2 Å². The van der Waals surface area contributed by atoms with Crippen molar-refractivity contribution in [3.8, 4) is 0 Å². The average molecular weight is 241 g/mol. The van der Waals surface area contributed by atoms with E-state index < -0.39 is 11.9 Å². The van der Waals surface area contributed by atoms with Gasteiger partial charge in [-0.2, -0.15) is 0 Å². The van der Waals surface area contributed by atoms with Gasteiger partial charge in [-0.3, -0.25) is 9.78 Å². The maximum Gasteiger partial charge on any atom is 0.312 e. The fourth-order valence-corrected chi connectivity index (χ4v) is 1.94. The molecular weight excluding hydrogens is 226 g/mol. The van der Waals surface area contributed by atoms with Crippen molar-refractivity contribution in [1.82, 2.24) is 4.98 Å². The third-order valence-corrected chi connectivity index (χ3v) is 3.02. The Morgan fingerprint density at radius 2 is 2.22 bits per heavy atom. The highest BCUT2D eigenvalue weighted by molar-refractivity contribution is 5.83. The number of benzene rings is 1. The van der Waals surface area contributed by atoms with Crippen LogP contribution in [0, 0.1) is 0 Å². The molecule has 0 radical (unpaired) electrons. The molecule has 1 N–H and O–H groups in total. The lowest BCUT2D eigenvalue weighted by molar-refractivity contribution is -0.138. The minimum atomic E-state index is -0.857. The standard InChI is InChI=1S/C15H15NO2/c1-3-5-11-6-4-7-14-12(11)8-9-13(16-14)10(2)15(17)18/h3-4,6-10H,1,5H2,2H3,(H,17,18). The number of rotatable bonds is 4. The molecule has 0 saturated heterocycles. The van der Waals surface area contributed by atoms with E-state index in [9.17, 15) is 4.79 Å². The van der Waals surface area contributed by atoms with Gasteiger partial charge in [0.05, 0.1) is 17.1 Å². The van der Waals surface area contributed by atoms with E-state index in [2.05, 4.69) is 11.6 Å². The molecule has 0 amide bonds. The molecule has 0 aliphatic heterocycles. The lowest BCUT2D eigenvalue weighted by Crippen LogP contribution is -2.09. The number of aromatic nitrogens is 1. The Bertz CT molecular complexity index is 604. The Morgan fingerprint density at radius 1 is 1.44 bits per heavy atom. The first-order chi connectivity index (χ1) is 8.63. The minimum absolute atomic E-state index is 0.586. The second-order valence-corrected chi connectivity index (χ2v) is 4.27. The normalized spacial score (nSPS) is 12.3. The summed E-state index contributed by atoms with van der Waals surface area (Å²) in [5.74, 6) is -1.44. The van der Waals surface area contributed by atoms with Crippen molar-refractivity contribution in [3.63, 3.8) is 0 Å². The molecule has 0 aliphatic carbocycles. The number of carboxylic acids is 1. The first kappa shape index (κ1) is 12.3. The van der Waals surface area contributed by atoms with Gasteiger partial charge in [-0.1, -0.05) is 24.3 Å². The Hall–Kier alpha value is -2.16. The number of fused-ring (bicyclic) bond motifs is 1. The minimum Gasteiger partial charge on any atom is -0.481 e. The number of carbonyl (C=O) groups is 1. The smallest absolute Gasteiger partial charge is 0.312 e. The number of aliphatic carboxylic acids is 1. The van der Waals surface area contributed by atoms with Gasteiger partial charge >= 0.3 is 5.97 Å². The van der Waals surface area contributed by atoms with Crippen LogP contribution in [0.1, 0.15) is 24.1 Å². The summed E-state index contributed by atoms with van der Waals surface area (Å²) in [7, 11) is 0. The summed E-state index contributed by atoms with van der Waals surface area (Å²) in [6, 6.07) is 9.60. The summed E-state index contributed by atoms with van der Waals surface area (Å²) < 4.78 is 0. The Kier molecular flexibility index (Phi) is 3.42. The van der Waals surface area contributed by atoms with E-state index in [1.54, 1.807) is 13.0 Å². The van der Waals surface area contributed by atoms with Gasteiger partial charge in [0, 0.05) is 5.39 Å². The van der Waals surface area contributed by atoms with Gasteiger partial charge in [-0.05, 0) is 31.0 Å². The molecule has 0 aliphatic rings. The highest BCUT2D eigenvalue weighted by Gasteiger charge is 2.15. The highest BCUT2D eigenvalue weighted by Crippen LogP contribution is 2.21. The lowest BCUT2D eigenvalue weighted by Gasteiger charge is -2.09. The second-order valence-electron chi connectivity index (χ2n) is 4.27. The quantitative estimate of drug-likeness (QED) is 0.836. The Labute approximate surface area is 106 Å². The van der Waals surface area contributed by atoms with Crippen LogP contribution in [0.15, 0.2) is 43.0 Å². The van der Waals surface area contributed by atoms with Crippen LogP contribution in [0.25, 0.3) is 10.9 Å². The Morgan fingerprint density at radius 3 is 2.89 bits per heavy atom. The van der Waals surface area contributed by atoms with E-state index in [-0.39, 0.29) is 0 Å². The molecule has 0 saturated carbocycles. The van der Waals surface area contributed by atoms with Crippen molar-refractivity contribution in [2.75, 3.05) is 0 Å². The van der Waals surface area contributed by atoms with Gasteiger partial charge in [0.1, 0.15) is 0 Å². The molecule has 0 fully saturated rings. The van der Waals surface area contributed by atoms with Crippen LogP contribution < -0.4 is 0 Å². The third-order valence-electron chi connectivity index (χ3n) is 3.02. The Balaban J connectivity index is 2.53. The maximum absolute atomic E-state index is 11.0. The van der Waals surface area contributed by atoms with Gasteiger partial charge in [-0.25, -0.2) is 0 Å². The van der Waals surface area contributed by atoms with Crippen molar-refractivity contribution in [3.05, 3.63) is 54.2 Å². The topological polar surface area (TPSA) is 50.2 Å². The summed E-state index contributed by atoms with van der Waals surface area (Å²) in [5, 5.41) is 10.0. The number of pyridine rings is 1. The number of carboxylic acid groups (broad SMARTS) is 1. The van der Waals surface area contributed by atoms with Crippen molar-refractivity contribution in [2.24, 2.45) is 0 Å². The van der Waals surface area contributed by atoms with Gasteiger partial charge < -0.3 is 5.11 Å². The summed E-state index contributed by atoms with van der Waals surface area (Å²) in [6.45, 7) is 5.38. The van der Waals surface area contributed by atoms with E-state index in [0.717, 1.165) is 22.9 Å². The average Bonchev–Trinajstić information content (AvgIpc) is 2.38. The van der Waals surface area contributed by atoms with Crippen LogP contribution in [0.2, 0.25) is 0 Å². The molecular formula is C15H15NO2. The molecule has 18 heavy (non-hydrogen) atoms. The van der Waals surface area contributed by atoms with Gasteiger partial charge in [0.25, 0.3) is 0 Å². The fraction of sp³-hybridized carbons (Fsp3) is 0.200. The van der Waals surface area contributed by atoms with Crippen LogP contribution >= 0.6 is 0 Å². The number of allylic oxidation sites excluding steroid dienone is 1. The van der Waals surface area contributed by atoms with E-state index in [1.807, 2.05) is 30.3 Å². The maximum atomic E-state index is 11.0. The molecule has 3 heteroatoms. The number of nitrogens with zero attached hydrogens (tertiary/aromatic N) is 1. The molecule has 1 aromatic heterocycles. The van der Waals surface area contributed by atoms with Gasteiger partial charge in [0.15, 0.2) is 0 Å². The largest absolute Gasteiger partial charge is 0.481 e. The lowest BCUT2D eigenvalue weighted by atomic mass is 10.0. The molecule has 1 heterocycles. The zero-order chi connectivity index (χ0) is 13.1. The predicted molar refractivity (Wildman–Crippen MR) is 71.7 cm³/mol. The summed E-state index contributed by atoms with van der Waals surface area (Å²) in [5.41, 5.74) is 2.58. The number of hydrogen-bond acceptors (Lipinski definition) is 2. The van der Waals surface area contributed by atoms with Crippen LogP contribution in [0.4, 0.5) is 0 Å². The van der Waals surface area contributed by atoms with Crippen molar-refractivity contribution < 1.29 is 9.90 Å². The summed E-state index contributed by atoms with van der Waals surface area (Å²) in [6.07, 6.45) is 2.63. The van der Waals surface area contributed by atoms with E-state index in [0.29, 0.717) is 5.69 Å². The fourth-order valence-electron chi connectivity index (χ4n) is 1.94. The first-order valence-corrected chi connectivity index (χ1v) is 5.85. The monoisotopic (exact) mass is 241 g/mol. The summed E-state index contributed by atoms with van der Waals surface area (Å²) >= 11 is 0. The second kappa shape index (κ2) is 5.00. The molecule has 1 unspecified atom stereocenters. The molecule has 1 atom stereocenters. The van der Waals surface area contributed by atoms with E-state index in [4.69, 9.17) is 5.11 Å². The van der Waals surface area contributed by atoms with Crippen molar-refractivity contribution in [2.45, 2.75) is 19.3 Å². The zero-order valence-corrected chi connectivity index (χ0v) is 10.3. The highest BCUT2D eigenvalue weighted by atomic mass is 16.4. The van der Waals surface area contributed by atoms with E-state index >= 15 is 0 Å². The van der Waals surface area contributed by atoms with E-state index in [1.165, 1.54) is 0 Å². The van der Waals surface area contributed by atoms with Crippen LogP contribution in [0.5, 0.6) is 0 Å². The third kappa shape index (κ3) is 2.25.